The van der Waals surface area contributed by atoms with E-state index in [0.29, 0.717) is 13.1 Å². The van der Waals surface area contributed by atoms with E-state index in [1.165, 1.54) is 6.92 Å². The van der Waals surface area contributed by atoms with E-state index in [4.69, 9.17) is 5.26 Å². The lowest BCUT2D eigenvalue weighted by atomic mass is 10.3. The van der Waals surface area contributed by atoms with Crippen LogP contribution in [-0.2, 0) is 14.4 Å². The van der Waals surface area contributed by atoms with Gasteiger partial charge in [0.05, 0.1) is 6.07 Å². The van der Waals surface area contributed by atoms with Crippen LogP contribution in [0.25, 0.3) is 0 Å². The third-order valence-electron chi connectivity index (χ3n) is 2.67. The maximum absolute atomic E-state index is 11.8. The fourth-order valence-corrected chi connectivity index (χ4v) is 1.74. The van der Waals surface area contributed by atoms with E-state index in [9.17, 15) is 14.4 Å². The molecule has 1 saturated heterocycles. The van der Waals surface area contributed by atoms with Gasteiger partial charge in [-0.3, -0.25) is 14.4 Å². The Morgan fingerprint density at radius 1 is 1.28 bits per heavy atom. The van der Waals surface area contributed by atoms with Crippen LogP contribution in [0.3, 0.4) is 0 Å². The second-order valence-corrected chi connectivity index (χ2v) is 4.07. The van der Waals surface area contributed by atoms with Gasteiger partial charge in [0.15, 0.2) is 0 Å². The zero-order chi connectivity index (χ0) is 13.5. The smallest absolute Gasteiger partial charge is 0.310 e. The molecule has 0 aromatic rings. The monoisotopic (exact) mass is 252 g/mol. The Morgan fingerprint density at radius 2 is 1.89 bits per heavy atom. The number of nitriles is 1. The molecule has 0 aromatic carbocycles. The van der Waals surface area contributed by atoms with Crippen LogP contribution in [0, 0.1) is 11.3 Å². The largest absolute Gasteiger partial charge is 0.341 e. The van der Waals surface area contributed by atoms with Crippen LogP contribution < -0.4 is 10.6 Å². The lowest BCUT2D eigenvalue weighted by Gasteiger charge is -2.20. The Bertz CT molecular complexity index is 382. The predicted molar refractivity (Wildman–Crippen MR) is 62.0 cm³/mol. The molecule has 1 fully saturated rings. The summed E-state index contributed by atoms with van der Waals surface area (Å²) < 4.78 is 0. The third-order valence-corrected chi connectivity index (χ3v) is 2.67. The number of rotatable bonds is 3. The minimum absolute atomic E-state index is 0.186. The van der Waals surface area contributed by atoms with Crippen LogP contribution >= 0.6 is 0 Å². The molecule has 1 atom stereocenters. The SMILES string of the molecule is CC(NC(=O)C(=O)NCC#N)C(=O)N1CCCC1. The summed E-state index contributed by atoms with van der Waals surface area (Å²) in [5.41, 5.74) is 0. The molecule has 1 aliphatic rings. The minimum Gasteiger partial charge on any atom is -0.341 e. The van der Waals surface area contributed by atoms with Crippen molar-refractivity contribution in [3.63, 3.8) is 0 Å². The van der Waals surface area contributed by atoms with Crippen molar-refractivity contribution in [1.29, 1.82) is 5.26 Å². The average Bonchev–Trinajstić information content (AvgIpc) is 2.88. The maximum atomic E-state index is 11.8. The van der Waals surface area contributed by atoms with Gasteiger partial charge in [0.25, 0.3) is 0 Å². The van der Waals surface area contributed by atoms with Gasteiger partial charge in [0.2, 0.25) is 5.91 Å². The van der Waals surface area contributed by atoms with Gasteiger partial charge in [0.1, 0.15) is 12.6 Å². The Labute approximate surface area is 105 Å². The first-order chi connectivity index (χ1) is 8.56. The number of carbonyl (C=O) groups excluding carboxylic acids is 3. The Hall–Kier alpha value is -2.10. The topological polar surface area (TPSA) is 102 Å². The maximum Gasteiger partial charge on any atom is 0.310 e. The van der Waals surface area contributed by atoms with Gasteiger partial charge in [-0.1, -0.05) is 0 Å². The van der Waals surface area contributed by atoms with Crippen molar-refractivity contribution >= 4 is 17.7 Å². The molecule has 0 bridgehead atoms. The first kappa shape index (κ1) is 14.0. The highest BCUT2D eigenvalue weighted by Crippen LogP contribution is 2.08. The molecule has 0 radical (unpaired) electrons. The molecule has 2 N–H and O–H groups in total. The molecular formula is C11H16N4O3. The van der Waals surface area contributed by atoms with Crippen molar-refractivity contribution < 1.29 is 14.4 Å². The summed E-state index contributed by atoms with van der Waals surface area (Å²) in [5, 5.41) is 12.7. The molecule has 1 heterocycles. The molecule has 0 aromatic heterocycles. The first-order valence-corrected chi connectivity index (χ1v) is 5.80. The molecular weight excluding hydrogens is 236 g/mol. The molecule has 7 heteroatoms. The van der Waals surface area contributed by atoms with Crippen molar-refractivity contribution in [2.24, 2.45) is 0 Å². The second kappa shape index (κ2) is 6.59. The summed E-state index contributed by atoms with van der Waals surface area (Å²) in [7, 11) is 0. The highest BCUT2D eigenvalue weighted by Gasteiger charge is 2.25. The third kappa shape index (κ3) is 3.73. The summed E-state index contributed by atoms with van der Waals surface area (Å²) >= 11 is 0. The predicted octanol–water partition coefficient (Wildman–Crippen LogP) is -1.25. The summed E-state index contributed by atoms with van der Waals surface area (Å²) in [4.78, 5) is 36.1. The van der Waals surface area contributed by atoms with E-state index in [0.717, 1.165) is 12.8 Å². The van der Waals surface area contributed by atoms with Gasteiger partial charge >= 0.3 is 11.8 Å². The van der Waals surface area contributed by atoms with Gasteiger partial charge < -0.3 is 15.5 Å². The highest BCUT2D eigenvalue weighted by molar-refractivity contribution is 6.35. The van der Waals surface area contributed by atoms with E-state index >= 15 is 0 Å². The number of nitrogens with zero attached hydrogens (tertiary/aromatic N) is 2. The van der Waals surface area contributed by atoms with Crippen LogP contribution in [0.5, 0.6) is 0 Å². The van der Waals surface area contributed by atoms with Gasteiger partial charge in [-0.2, -0.15) is 5.26 Å². The van der Waals surface area contributed by atoms with Crippen LogP contribution in [0.2, 0.25) is 0 Å². The number of likely N-dealkylation sites (tertiary alicyclic amines) is 1. The van der Waals surface area contributed by atoms with Crippen molar-refractivity contribution in [3.05, 3.63) is 0 Å². The molecule has 1 unspecified atom stereocenters. The van der Waals surface area contributed by atoms with Crippen molar-refractivity contribution in [2.75, 3.05) is 19.6 Å². The van der Waals surface area contributed by atoms with Crippen LogP contribution in [0.1, 0.15) is 19.8 Å². The summed E-state index contributed by atoms with van der Waals surface area (Å²) in [6.07, 6.45) is 1.93. The number of carbonyl (C=O) groups is 3. The molecule has 1 aliphatic heterocycles. The van der Waals surface area contributed by atoms with Crippen LogP contribution in [0.15, 0.2) is 0 Å². The zero-order valence-corrected chi connectivity index (χ0v) is 10.2. The molecule has 7 nitrogen and oxygen atoms in total. The zero-order valence-electron chi connectivity index (χ0n) is 10.2. The second-order valence-electron chi connectivity index (χ2n) is 4.07. The fraction of sp³-hybridized carbons (Fsp3) is 0.636. The quantitative estimate of drug-likeness (QED) is 0.484. The molecule has 0 saturated carbocycles. The van der Waals surface area contributed by atoms with E-state index < -0.39 is 17.9 Å². The summed E-state index contributed by atoms with van der Waals surface area (Å²) in [6, 6.07) is 0.954. The van der Waals surface area contributed by atoms with Crippen LogP contribution in [0.4, 0.5) is 0 Å². The van der Waals surface area contributed by atoms with Gasteiger partial charge in [-0.25, -0.2) is 0 Å². The van der Waals surface area contributed by atoms with E-state index in [1.807, 2.05) is 0 Å². The Kier molecular flexibility index (Phi) is 5.11. The number of amides is 3. The molecule has 0 spiro atoms. The standard InChI is InChI=1S/C11H16N4O3/c1-8(11(18)15-6-2-3-7-15)14-10(17)9(16)13-5-4-12/h8H,2-3,5-7H2,1H3,(H,13,16)(H,14,17). The van der Waals surface area contributed by atoms with E-state index in [-0.39, 0.29) is 12.5 Å². The Balaban J connectivity index is 2.41. The summed E-state index contributed by atoms with van der Waals surface area (Å²) in [5.74, 6) is -1.99. The first-order valence-electron chi connectivity index (χ1n) is 5.80. The molecule has 98 valence electrons. The lowest BCUT2D eigenvalue weighted by molar-refractivity contribution is -0.141. The molecule has 3 amide bonds. The Morgan fingerprint density at radius 3 is 2.44 bits per heavy atom. The molecule has 18 heavy (non-hydrogen) atoms. The van der Waals surface area contributed by atoms with Gasteiger partial charge in [-0.05, 0) is 19.8 Å². The average molecular weight is 252 g/mol. The lowest BCUT2D eigenvalue weighted by Crippen LogP contribution is -2.50. The number of hydrogen-bond acceptors (Lipinski definition) is 4. The van der Waals surface area contributed by atoms with Crippen LogP contribution in [-0.4, -0.2) is 48.3 Å². The fourth-order valence-electron chi connectivity index (χ4n) is 1.74. The van der Waals surface area contributed by atoms with Crippen molar-refractivity contribution in [3.8, 4) is 6.07 Å². The van der Waals surface area contributed by atoms with Crippen molar-refractivity contribution in [2.45, 2.75) is 25.8 Å². The van der Waals surface area contributed by atoms with Gasteiger partial charge in [0, 0.05) is 13.1 Å². The highest BCUT2D eigenvalue weighted by atomic mass is 16.2. The van der Waals surface area contributed by atoms with E-state index in [1.54, 1.807) is 11.0 Å². The summed E-state index contributed by atoms with van der Waals surface area (Å²) in [6.45, 7) is 2.69. The van der Waals surface area contributed by atoms with Crippen molar-refractivity contribution in [1.82, 2.24) is 15.5 Å². The van der Waals surface area contributed by atoms with E-state index in [2.05, 4.69) is 10.6 Å². The minimum atomic E-state index is -0.905. The number of nitrogens with one attached hydrogen (secondary N) is 2. The molecule has 0 aliphatic carbocycles. The molecule has 1 rings (SSSR count). The van der Waals surface area contributed by atoms with Gasteiger partial charge in [-0.15, -0.1) is 0 Å². The normalized spacial score (nSPS) is 15.7. The number of hydrogen-bond donors (Lipinski definition) is 2.